The van der Waals surface area contributed by atoms with E-state index in [1.165, 1.54) is 10.7 Å². The van der Waals surface area contributed by atoms with Crippen molar-refractivity contribution in [1.82, 2.24) is 24.4 Å². The van der Waals surface area contributed by atoms with Gasteiger partial charge in [0.05, 0.1) is 18.0 Å². The molecule has 39 heavy (non-hydrogen) atoms. The van der Waals surface area contributed by atoms with Crippen LogP contribution in [0.15, 0.2) is 36.8 Å². The summed E-state index contributed by atoms with van der Waals surface area (Å²) >= 11 is 0. The molecule has 11 heteroatoms. The minimum absolute atomic E-state index is 0.000881. The van der Waals surface area contributed by atoms with E-state index in [-0.39, 0.29) is 30.1 Å². The standard InChI is InChI=1S/C28H34N6O5/c1-17(2)38-23-14-20-18(13-22(23)31-25(35)21-15-30-34-10-6-9-29-24(21)34)16-33(26(20)36)19-7-11-32(12-8-19)27(37)39-28(3,4)5/h6,9-10,13-15,17,19H,7-8,11-12,16H2,1-5H3,(H,31,35). The highest BCUT2D eigenvalue weighted by atomic mass is 16.6. The molecule has 206 valence electrons. The summed E-state index contributed by atoms with van der Waals surface area (Å²) < 4.78 is 13.0. The molecule has 1 fully saturated rings. The molecule has 4 heterocycles. The second-order valence-corrected chi connectivity index (χ2v) is 11.2. The Hall–Kier alpha value is -4.15. The van der Waals surface area contributed by atoms with Crippen molar-refractivity contribution in [1.29, 1.82) is 0 Å². The van der Waals surface area contributed by atoms with E-state index in [0.717, 1.165) is 5.56 Å². The predicted molar refractivity (Wildman–Crippen MR) is 144 cm³/mol. The summed E-state index contributed by atoms with van der Waals surface area (Å²) in [6, 6.07) is 5.27. The molecule has 2 aliphatic heterocycles. The third-order valence-electron chi connectivity index (χ3n) is 6.73. The highest BCUT2D eigenvalue weighted by molar-refractivity contribution is 6.09. The lowest BCUT2D eigenvalue weighted by Gasteiger charge is -2.37. The van der Waals surface area contributed by atoms with Gasteiger partial charge in [0.15, 0.2) is 5.65 Å². The molecule has 3 aromatic rings. The molecule has 11 nitrogen and oxygen atoms in total. The Labute approximate surface area is 227 Å². The van der Waals surface area contributed by atoms with Gasteiger partial charge >= 0.3 is 6.09 Å². The van der Waals surface area contributed by atoms with Crippen molar-refractivity contribution >= 4 is 29.2 Å². The zero-order valence-corrected chi connectivity index (χ0v) is 22.9. The van der Waals surface area contributed by atoms with Crippen LogP contribution in [0.5, 0.6) is 5.75 Å². The zero-order chi connectivity index (χ0) is 27.9. The van der Waals surface area contributed by atoms with Gasteiger partial charge < -0.3 is 24.6 Å². The first-order chi connectivity index (χ1) is 18.5. The highest BCUT2D eigenvalue weighted by Gasteiger charge is 2.37. The number of benzene rings is 1. The normalized spacial score (nSPS) is 16.1. The maximum Gasteiger partial charge on any atom is 0.410 e. The average Bonchev–Trinajstić information content (AvgIpc) is 3.44. The number of anilines is 1. The van der Waals surface area contributed by atoms with Gasteiger partial charge in [-0.15, -0.1) is 0 Å². The molecule has 3 amide bonds. The summed E-state index contributed by atoms with van der Waals surface area (Å²) in [5.41, 5.74) is 2.10. The van der Waals surface area contributed by atoms with Crippen LogP contribution in [0, 0.1) is 0 Å². The van der Waals surface area contributed by atoms with E-state index >= 15 is 0 Å². The van der Waals surface area contributed by atoms with E-state index in [0.29, 0.717) is 60.7 Å². The molecule has 0 spiro atoms. The van der Waals surface area contributed by atoms with Crippen LogP contribution in [0.2, 0.25) is 0 Å². The summed E-state index contributed by atoms with van der Waals surface area (Å²) in [5.74, 6) is -0.0107. The van der Waals surface area contributed by atoms with E-state index in [2.05, 4.69) is 15.4 Å². The van der Waals surface area contributed by atoms with E-state index in [1.807, 2.05) is 45.6 Å². The average molecular weight is 535 g/mol. The van der Waals surface area contributed by atoms with Gasteiger partial charge in [0.2, 0.25) is 0 Å². The van der Waals surface area contributed by atoms with Crippen molar-refractivity contribution in [3.8, 4) is 5.75 Å². The lowest BCUT2D eigenvalue weighted by Crippen LogP contribution is -2.48. The van der Waals surface area contributed by atoms with Gasteiger partial charge in [0.1, 0.15) is 16.9 Å². The molecule has 0 saturated carbocycles. The summed E-state index contributed by atoms with van der Waals surface area (Å²) in [6.07, 6.45) is 5.65. The van der Waals surface area contributed by atoms with Crippen LogP contribution < -0.4 is 10.1 Å². The molecule has 0 bridgehead atoms. The molecule has 2 aromatic heterocycles. The Morgan fingerprint density at radius 1 is 1.15 bits per heavy atom. The molecule has 2 aliphatic rings. The van der Waals surface area contributed by atoms with Crippen LogP contribution in [0.3, 0.4) is 0 Å². The lowest BCUT2D eigenvalue weighted by atomic mass is 10.0. The van der Waals surface area contributed by atoms with Crippen LogP contribution in [0.4, 0.5) is 10.5 Å². The second-order valence-electron chi connectivity index (χ2n) is 11.2. The third-order valence-corrected chi connectivity index (χ3v) is 6.73. The Morgan fingerprint density at radius 2 is 1.90 bits per heavy atom. The molecule has 1 saturated heterocycles. The summed E-state index contributed by atoms with van der Waals surface area (Å²) in [5, 5.41) is 7.13. The number of ether oxygens (including phenoxy) is 2. The fourth-order valence-corrected chi connectivity index (χ4v) is 4.97. The number of fused-ring (bicyclic) bond motifs is 2. The Morgan fingerprint density at radius 3 is 2.59 bits per heavy atom. The van der Waals surface area contributed by atoms with E-state index in [9.17, 15) is 14.4 Å². The fourth-order valence-electron chi connectivity index (χ4n) is 4.97. The first-order valence-corrected chi connectivity index (χ1v) is 13.2. The van der Waals surface area contributed by atoms with Crippen LogP contribution in [0.1, 0.15) is 73.7 Å². The Kier molecular flexibility index (Phi) is 6.92. The molecule has 0 radical (unpaired) electrons. The monoisotopic (exact) mass is 534 g/mol. The number of rotatable bonds is 5. The topological polar surface area (TPSA) is 118 Å². The van der Waals surface area contributed by atoms with E-state index in [1.54, 1.807) is 29.4 Å². The summed E-state index contributed by atoms with van der Waals surface area (Å²) in [6.45, 7) is 10.8. The minimum Gasteiger partial charge on any atom is -0.489 e. The molecular formula is C28H34N6O5. The smallest absolute Gasteiger partial charge is 0.410 e. The maximum absolute atomic E-state index is 13.5. The first-order valence-electron chi connectivity index (χ1n) is 13.2. The summed E-state index contributed by atoms with van der Waals surface area (Å²) in [4.78, 5) is 46.9. The van der Waals surface area contributed by atoms with Gasteiger partial charge in [-0.05, 0) is 71.2 Å². The molecule has 0 unspecified atom stereocenters. The van der Waals surface area contributed by atoms with Gasteiger partial charge in [-0.2, -0.15) is 5.10 Å². The van der Waals surface area contributed by atoms with Gasteiger partial charge in [-0.1, -0.05) is 0 Å². The van der Waals surface area contributed by atoms with Gasteiger partial charge in [0.25, 0.3) is 11.8 Å². The van der Waals surface area contributed by atoms with Crippen molar-refractivity contribution in [3.05, 3.63) is 53.5 Å². The number of nitrogens with zero attached hydrogens (tertiary/aromatic N) is 5. The molecule has 1 aromatic carbocycles. The highest BCUT2D eigenvalue weighted by Crippen LogP contribution is 2.36. The second kappa shape index (κ2) is 10.2. The number of carbonyl (C=O) groups is 3. The number of amides is 3. The lowest BCUT2D eigenvalue weighted by molar-refractivity contribution is 0.0148. The molecule has 0 atom stereocenters. The van der Waals surface area contributed by atoms with Gasteiger partial charge in [-0.25, -0.2) is 14.3 Å². The number of aromatic nitrogens is 3. The number of hydrogen-bond donors (Lipinski definition) is 1. The minimum atomic E-state index is -0.550. The quantitative estimate of drug-likeness (QED) is 0.523. The van der Waals surface area contributed by atoms with Crippen molar-refractivity contribution in [2.45, 2.75) is 71.8 Å². The number of piperidine rings is 1. The number of carbonyl (C=O) groups excluding carboxylic acids is 3. The third kappa shape index (κ3) is 5.52. The van der Waals surface area contributed by atoms with Crippen molar-refractivity contribution in [2.75, 3.05) is 18.4 Å². The largest absolute Gasteiger partial charge is 0.489 e. The molecule has 5 rings (SSSR count). The van der Waals surface area contributed by atoms with Crippen molar-refractivity contribution < 1.29 is 23.9 Å². The first kappa shape index (κ1) is 26.5. The maximum atomic E-state index is 13.5. The van der Waals surface area contributed by atoms with Crippen molar-refractivity contribution in [2.24, 2.45) is 0 Å². The Balaban J connectivity index is 1.33. The number of nitrogens with one attached hydrogen (secondary N) is 1. The van der Waals surface area contributed by atoms with Crippen LogP contribution in [-0.2, 0) is 11.3 Å². The van der Waals surface area contributed by atoms with E-state index < -0.39 is 5.60 Å². The Bertz CT molecular complexity index is 1420. The van der Waals surface area contributed by atoms with Gasteiger partial charge in [0, 0.05) is 43.6 Å². The zero-order valence-electron chi connectivity index (χ0n) is 22.9. The SMILES string of the molecule is CC(C)Oc1cc2c(cc1NC(=O)c1cnn3cccnc13)CN(C1CCN(C(=O)OC(C)(C)C)CC1)C2=O. The van der Waals surface area contributed by atoms with Crippen molar-refractivity contribution in [3.63, 3.8) is 0 Å². The number of hydrogen-bond acceptors (Lipinski definition) is 7. The summed E-state index contributed by atoms with van der Waals surface area (Å²) in [7, 11) is 0. The van der Waals surface area contributed by atoms with Crippen LogP contribution in [0.25, 0.3) is 5.65 Å². The van der Waals surface area contributed by atoms with Crippen LogP contribution in [-0.4, -0.2) is 73.1 Å². The molecule has 0 aliphatic carbocycles. The molecular weight excluding hydrogens is 500 g/mol. The fraction of sp³-hybridized carbons (Fsp3) is 0.464. The predicted octanol–water partition coefficient (Wildman–Crippen LogP) is 4.12. The molecule has 1 N–H and O–H groups in total. The van der Waals surface area contributed by atoms with Crippen LogP contribution >= 0.6 is 0 Å². The number of likely N-dealkylation sites (tertiary alicyclic amines) is 1. The van der Waals surface area contributed by atoms with Gasteiger partial charge in [-0.3, -0.25) is 9.59 Å². The van der Waals surface area contributed by atoms with E-state index in [4.69, 9.17) is 9.47 Å².